The quantitative estimate of drug-likeness (QED) is 0.557. The van der Waals surface area contributed by atoms with E-state index in [2.05, 4.69) is 16.0 Å². The smallest absolute Gasteiger partial charge is 0.253 e. The lowest BCUT2D eigenvalue weighted by molar-refractivity contribution is -0.114. The van der Waals surface area contributed by atoms with Crippen molar-refractivity contribution in [2.75, 3.05) is 17.2 Å². The molecule has 28 heavy (non-hydrogen) atoms. The molecule has 1 heterocycles. The zero-order valence-electron chi connectivity index (χ0n) is 15.3. The van der Waals surface area contributed by atoms with Crippen LogP contribution in [-0.2, 0) is 11.3 Å². The molecule has 2 aromatic carbocycles. The second-order valence-electron chi connectivity index (χ2n) is 6.17. The molecule has 0 bridgehead atoms. The van der Waals surface area contributed by atoms with Crippen molar-refractivity contribution >= 4 is 34.8 Å². The van der Waals surface area contributed by atoms with Crippen molar-refractivity contribution in [2.45, 2.75) is 13.5 Å². The first-order chi connectivity index (χ1) is 13.5. The molecule has 0 saturated carbocycles. The minimum Gasteiger partial charge on any atom is -0.467 e. The van der Waals surface area contributed by atoms with Crippen molar-refractivity contribution in [1.29, 1.82) is 0 Å². The number of carbonyl (C=O) groups is 2. The van der Waals surface area contributed by atoms with Crippen LogP contribution in [0.15, 0.2) is 65.3 Å². The third-order valence-corrected chi connectivity index (χ3v) is 4.32. The number of benzene rings is 2. The summed E-state index contributed by atoms with van der Waals surface area (Å²) in [7, 11) is 0. The molecule has 2 amide bonds. The fourth-order valence-corrected chi connectivity index (χ4v) is 2.78. The van der Waals surface area contributed by atoms with Crippen LogP contribution in [0, 0.1) is 6.92 Å². The number of halogens is 1. The number of aryl methyl sites for hydroxylation is 1. The Labute approximate surface area is 167 Å². The third-order valence-electron chi connectivity index (χ3n) is 4.09. The average molecular weight is 398 g/mol. The zero-order chi connectivity index (χ0) is 19.9. The third kappa shape index (κ3) is 5.14. The second kappa shape index (κ2) is 9.10. The Morgan fingerprint density at radius 1 is 1.04 bits per heavy atom. The SMILES string of the molecule is Cc1ccc(Cl)cc1NC(=O)CNc1ccccc1C(=O)NCc1ccco1. The minimum absolute atomic E-state index is 0.00836. The van der Waals surface area contributed by atoms with Crippen molar-refractivity contribution < 1.29 is 14.0 Å². The highest BCUT2D eigenvalue weighted by Gasteiger charge is 2.12. The summed E-state index contributed by atoms with van der Waals surface area (Å²) in [5.41, 5.74) is 2.58. The second-order valence-corrected chi connectivity index (χ2v) is 6.61. The highest BCUT2D eigenvalue weighted by molar-refractivity contribution is 6.31. The topological polar surface area (TPSA) is 83.4 Å². The molecule has 0 spiro atoms. The normalized spacial score (nSPS) is 10.4. The molecule has 3 aromatic rings. The van der Waals surface area contributed by atoms with Gasteiger partial charge in [-0.15, -0.1) is 0 Å². The molecular weight excluding hydrogens is 378 g/mol. The number of anilines is 2. The van der Waals surface area contributed by atoms with Gasteiger partial charge in [0.15, 0.2) is 0 Å². The van der Waals surface area contributed by atoms with Crippen molar-refractivity contribution in [3.63, 3.8) is 0 Å². The maximum Gasteiger partial charge on any atom is 0.253 e. The average Bonchev–Trinajstić information content (AvgIpc) is 3.21. The van der Waals surface area contributed by atoms with E-state index in [4.69, 9.17) is 16.0 Å². The summed E-state index contributed by atoms with van der Waals surface area (Å²) in [4.78, 5) is 24.8. The van der Waals surface area contributed by atoms with Crippen LogP contribution in [0.4, 0.5) is 11.4 Å². The van der Waals surface area contributed by atoms with E-state index < -0.39 is 0 Å². The Kier molecular flexibility index (Phi) is 6.34. The Morgan fingerprint density at radius 2 is 1.86 bits per heavy atom. The number of hydrogen-bond donors (Lipinski definition) is 3. The van der Waals surface area contributed by atoms with E-state index in [1.807, 2.05) is 13.0 Å². The van der Waals surface area contributed by atoms with Crippen LogP contribution < -0.4 is 16.0 Å². The van der Waals surface area contributed by atoms with Gasteiger partial charge >= 0.3 is 0 Å². The maximum absolute atomic E-state index is 12.5. The first-order valence-corrected chi connectivity index (χ1v) is 9.10. The summed E-state index contributed by atoms with van der Waals surface area (Å²) in [6, 6.07) is 15.9. The van der Waals surface area contributed by atoms with Crippen molar-refractivity contribution in [3.05, 3.63) is 82.8 Å². The zero-order valence-corrected chi connectivity index (χ0v) is 16.0. The summed E-state index contributed by atoms with van der Waals surface area (Å²) in [5, 5.41) is 9.17. The molecule has 0 atom stereocenters. The van der Waals surface area contributed by atoms with Gasteiger partial charge < -0.3 is 20.4 Å². The first kappa shape index (κ1) is 19.5. The fraction of sp³-hybridized carbons (Fsp3) is 0.143. The van der Waals surface area contributed by atoms with Crippen molar-refractivity contribution in [3.8, 4) is 0 Å². The number of carbonyl (C=O) groups excluding carboxylic acids is 2. The molecule has 7 heteroatoms. The fourth-order valence-electron chi connectivity index (χ4n) is 2.61. The van der Waals surface area contributed by atoms with Gasteiger partial charge in [-0.1, -0.05) is 29.8 Å². The van der Waals surface area contributed by atoms with Crippen LogP contribution in [0.3, 0.4) is 0 Å². The highest BCUT2D eigenvalue weighted by atomic mass is 35.5. The van der Waals surface area contributed by atoms with Gasteiger partial charge in [0, 0.05) is 16.4 Å². The molecule has 0 fully saturated rings. The molecule has 144 valence electrons. The van der Waals surface area contributed by atoms with Gasteiger partial charge in [-0.25, -0.2) is 0 Å². The highest BCUT2D eigenvalue weighted by Crippen LogP contribution is 2.20. The lowest BCUT2D eigenvalue weighted by atomic mass is 10.1. The van der Waals surface area contributed by atoms with E-state index in [0.29, 0.717) is 27.7 Å². The summed E-state index contributed by atoms with van der Waals surface area (Å²) >= 11 is 5.98. The van der Waals surface area contributed by atoms with Gasteiger partial charge in [-0.2, -0.15) is 0 Å². The number of furan rings is 1. The summed E-state index contributed by atoms with van der Waals surface area (Å²) < 4.78 is 5.21. The predicted octanol–water partition coefficient (Wildman–Crippen LogP) is 4.22. The Hall–Kier alpha value is -3.25. The van der Waals surface area contributed by atoms with Crippen LogP contribution in [0.5, 0.6) is 0 Å². The van der Waals surface area contributed by atoms with E-state index in [-0.39, 0.29) is 24.9 Å². The Bertz CT molecular complexity index is 971. The van der Waals surface area contributed by atoms with Gasteiger partial charge in [0.1, 0.15) is 5.76 Å². The van der Waals surface area contributed by atoms with E-state index in [1.165, 1.54) is 0 Å². The lowest BCUT2D eigenvalue weighted by Crippen LogP contribution is -2.26. The van der Waals surface area contributed by atoms with E-state index in [9.17, 15) is 9.59 Å². The van der Waals surface area contributed by atoms with Crippen LogP contribution in [0.1, 0.15) is 21.7 Å². The summed E-state index contributed by atoms with van der Waals surface area (Å²) in [6.45, 7) is 2.18. The minimum atomic E-state index is -0.259. The van der Waals surface area contributed by atoms with Crippen molar-refractivity contribution in [1.82, 2.24) is 5.32 Å². The van der Waals surface area contributed by atoms with E-state index in [1.54, 1.807) is 54.8 Å². The van der Waals surface area contributed by atoms with Gasteiger partial charge in [-0.05, 0) is 48.9 Å². The van der Waals surface area contributed by atoms with Gasteiger partial charge in [0.25, 0.3) is 5.91 Å². The molecule has 0 aliphatic rings. The molecule has 0 aliphatic carbocycles. The van der Waals surface area contributed by atoms with Gasteiger partial charge in [0.2, 0.25) is 5.91 Å². The Balaban J connectivity index is 1.60. The Morgan fingerprint density at radius 3 is 2.64 bits per heavy atom. The molecule has 0 radical (unpaired) electrons. The molecule has 6 nitrogen and oxygen atoms in total. The van der Waals surface area contributed by atoms with E-state index >= 15 is 0 Å². The monoisotopic (exact) mass is 397 g/mol. The largest absolute Gasteiger partial charge is 0.467 e. The molecule has 0 saturated heterocycles. The first-order valence-electron chi connectivity index (χ1n) is 8.72. The molecular formula is C21H20ClN3O3. The number of hydrogen-bond acceptors (Lipinski definition) is 4. The van der Waals surface area contributed by atoms with Crippen LogP contribution in [0.2, 0.25) is 5.02 Å². The molecule has 3 rings (SSSR count). The number of rotatable bonds is 7. The van der Waals surface area contributed by atoms with Gasteiger partial charge in [0.05, 0.1) is 24.9 Å². The molecule has 0 unspecified atom stereocenters. The standard InChI is InChI=1S/C21H20ClN3O3/c1-14-8-9-15(22)11-19(14)25-20(26)13-23-18-7-3-2-6-17(18)21(27)24-12-16-5-4-10-28-16/h2-11,23H,12-13H2,1H3,(H,24,27)(H,25,26). The number of nitrogens with one attached hydrogen (secondary N) is 3. The summed E-state index contributed by atoms with van der Waals surface area (Å²) in [5.74, 6) is 0.164. The van der Waals surface area contributed by atoms with E-state index in [0.717, 1.165) is 5.56 Å². The summed E-state index contributed by atoms with van der Waals surface area (Å²) in [6.07, 6.45) is 1.55. The van der Waals surface area contributed by atoms with Gasteiger partial charge in [-0.3, -0.25) is 9.59 Å². The van der Waals surface area contributed by atoms with Crippen LogP contribution in [-0.4, -0.2) is 18.4 Å². The maximum atomic E-state index is 12.5. The molecule has 0 aliphatic heterocycles. The molecule has 1 aromatic heterocycles. The van der Waals surface area contributed by atoms with Crippen LogP contribution in [0.25, 0.3) is 0 Å². The lowest BCUT2D eigenvalue weighted by Gasteiger charge is -2.13. The molecule has 3 N–H and O–H groups in total. The number of amides is 2. The predicted molar refractivity (Wildman–Crippen MR) is 110 cm³/mol. The van der Waals surface area contributed by atoms with Crippen molar-refractivity contribution in [2.24, 2.45) is 0 Å². The van der Waals surface area contributed by atoms with Crippen LogP contribution >= 0.6 is 11.6 Å². The number of para-hydroxylation sites is 1.